The van der Waals surface area contributed by atoms with Gasteiger partial charge in [0.1, 0.15) is 0 Å². The zero-order chi connectivity index (χ0) is 14.3. The molecule has 2 heterocycles. The topological polar surface area (TPSA) is 71.5 Å². The molecule has 1 aromatic carbocycles. The van der Waals surface area contributed by atoms with Crippen LogP contribution < -0.4 is 11.1 Å². The Hall–Kier alpha value is -1.79. The van der Waals surface area contributed by atoms with Crippen molar-refractivity contribution < 1.29 is 9.21 Å². The summed E-state index contributed by atoms with van der Waals surface area (Å²) in [7, 11) is 1.76. The number of fused-ring (bicyclic) bond motifs is 1. The number of rotatable bonds is 2. The molecular weight excluding hydrogens is 322 g/mol. The standard InChI is InChI=1S/C14H14BrN3O2/c1-18-7-9-6-8(2-3-11(9)17-14(18)19)12(16)10-4-5-20-13(10)15/h2-6,12H,7,16H2,1H3,(H,17,19). The van der Waals surface area contributed by atoms with Crippen LogP contribution in [0.15, 0.2) is 39.6 Å². The van der Waals surface area contributed by atoms with Crippen LogP contribution in [-0.4, -0.2) is 18.0 Å². The Balaban J connectivity index is 1.95. The van der Waals surface area contributed by atoms with Crippen molar-refractivity contribution in [2.24, 2.45) is 5.73 Å². The number of nitrogens with zero attached hydrogens (tertiary/aromatic N) is 1. The van der Waals surface area contributed by atoms with Gasteiger partial charge in [0.25, 0.3) is 0 Å². The van der Waals surface area contributed by atoms with Gasteiger partial charge in [-0.15, -0.1) is 0 Å². The van der Waals surface area contributed by atoms with Gasteiger partial charge in [0.15, 0.2) is 4.67 Å². The number of nitrogens with one attached hydrogen (secondary N) is 1. The Bertz CT molecular complexity index is 668. The maximum atomic E-state index is 11.6. The highest BCUT2D eigenvalue weighted by Crippen LogP contribution is 2.31. The van der Waals surface area contributed by atoms with Gasteiger partial charge in [0, 0.05) is 24.8 Å². The average molecular weight is 336 g/mol. The van der Waals surface area contributed by atoms with Crippen LogP contribution in [0, 0.1) is 0 Å². The predicted octanol–water partition coefficient (Wildman–Crippen LogP) is 3.07. The van der Waals surface area contributed by atoms with E-state index in [1.54, 1.807) is 18.2 Å². The van der Waals surface area contributed by atoms with Gasteiger partial charge in [-0.2, -0.15) is 0 Å². The van der Waals surface area contributed by atoms with Crippen molar-refractivity contribution >= 4 is 27.6 Å². The predicted molar refractivity (Wildman–Crippen MR) is 79.4 cm³/mol. The summed E-state index contributed by atoms with van der Waals surface area (Å²) in [6, 6.07) is 7.33. The highest BCUT2D eigenvalue weighted by molar-refractivity contribution is 9.10. The number of hydrogen-bond acceptors (Lipinski definition) is 3. The molecule has 1 aromatic heterocycles. The summed E-state index contributed by atoms with van der Waals surface area (Å²) in [5.74, 6) is 0. The van der Waals surface area contributed by atoms with E-state index in [-0.39, 0.29) is 12.1 Å². The van der Waals surface area contributed by atoms with E-state index in [2.05, 4.69) is 21.2 Å². The van der Waals surface area contributed by atoms with Crippen molar-refractivity contribution in [3.05, 3.63) is 51.9 Å². The zero-order valence-corrected chi connectivity index (χ0v) is 12.5. The van der Waals surface area contributed by atoms with Crippen LogP contribution in [0.1, 0.15) is 22.7 Å². The minimum absolute atomic E-state index is 0.0906. The van der Waals surface area contributed by atoms with Gasteiger partial charge in [-0.3, -0.25) is 0 Å². The molecule has 3 N–H and O–H groups in total. The summed E-state index contributed by atoms with van der Waals surface area (Å²) in [5, 5.41) is 2.84. The highest BCUT2D eigenvalue weighted by Gasteiger charge is 2.21. The molecule has 0 aliphatic carbocycles. The van der Waals surface area contributed by atoms with E-state index in [1.807, 2.05) is 24.3 Å². The Labute approximate surface area is 124 Å². The van der Waals surface area contributed by atoms with Crippen molar-refractivity contribution in [3.63, 3.8) is 0 Å². The Kier molecular flexibility index (Phi) is 3.27. The van der Waals surface area contributed by atoms with E-state index in [0.717, 1.165) is 22.4 Å². The summed E-state index contributed by atoms with van der Waals surface area (Å²) < 4.78 is 5.87. The summed E-state index contributed by atoms with van der Waals surface area (Å²) in [6.07, 6.45) is 1.60. The Morgan fingerprint density at radius 1 is 1.45 bits per heavy atom. The zero-order valence-electron chi connectivity index (χ0n) is 10.9. The third kappa shape index (κ3) is 2.21. The lowest BCUT2D eigenvalue weighted by molar-refractivity contribution is 0.218. The normalized spacial score (nSPS) is 15.8. The number of benzene rings is 1. The smallest absolute Gasteiger partial charge is 0.321 e. The molecule has 1 aliphatic heterocycles. The van der Waals surface area contributed by atoms with Gasteiger partial charge >= 0.3 is 6.03 Å². The van der Waals surface area contributed by atoms with Crippen LogP contribution in [0.5, 0.6) is 0 Å². The Morgan fingerprint density at radius 3 is 2.95 bits per heavy atom. The summed E-state index contributed by atoms with van der Waals surface area (Å²) in [5.41, 5.74) is 10.0. The maximum absolute atomic E-state index is 11.6. The Morgan fingerprint density at radius 2 is 2.25 bits per heavy atom. The molecule has 0 saturated carbocycles. The molecule has 0 fully saturated rings. The van der Waals surface area contributed by atoms with E-state index in [1.165, 1.54) is 0 Å². The molecule has 5 nitrogen and oxygen atoms in total. The number of amides is 2. The van der Waals surface area contributed by atoms with Crippen LogP contribution in [-0.2, 0) is 6.54 Å². The van der Waals surface area contributed by atoms with Gasteiger partial charge in [-0.1, -0.05) is 12.1 Å². The lowest BCUT2D eigenvalue weighted by Crippen LogP contribution is -2.35. The summed E-state index contributed by atoms with van der Waals surface area (Å²) in [6.45, 7) is 0.578. The fourth-order valence-electron chi connectivity index (χ4n) is 2.30. The van der Waals surface area contributed by atoms with Crippen molar-refractivity contribution in [2.75, 3.05) is 12.4 Å². The van der Waals surface area contributed by atoms with E-state index in [9.17, 15) is 4.79 Å². The minimum Gasteiger partial charge on any atom is -0.457 e. The lowest BCUT2D eigenvalue weighted by atomic mass is 9.98. The first-order valence-electron chi connectivity index (χ1n) is 6.19. The third-order valence-corrected chi connectivity index (χ3v) is 4.11. The molecule has 20 heavy (non-hydrogen) atoms. The molecule has 0 radical (unpaired) electrons. The van der Waals surface area contributed by atoms with Crippen LogP contribution in [0.4, 0.5) is 10.5 Å². The first kappa shape index (κ1) is 13.2. The second-order valence-corrected chi connectivity index (χ2v) is 5.55. The molecule has 0 spiro atoms. The second kappa shape index (κ2) is 4.96. The maximum Gasteiger partial charge on any atom is 0.321 e. The fourth-order valence-corrected chi connectivity index (χ4v) is 2.79. The second-order valence-electron chi connectivity index (χ2n) is 4.83. The molecule has 0 bridgehead atoms. The van der Waals surface area contributed by atoms with Gasteiger partial charge < -0.3 is 20.4 Å². The fraction of sp³-hybridized carbons (Fsp3) is 0.214. The highest BCUT2D eigenvalue weighted by atomic mass is 79.9. The van der Waals surface area contributed by atoms with E-state index < -0.39 is 0 Å². The quantitative estimate of drug-likeness (QED) is 0.885. The molecule has 104 valence electrons. The molecule has 0 saturated heterocycles. The van der Waals surface area contributed by atoms with Crippen LogP contribution >= 0.6 is 15.9 Å². The van der Waals surface area contributed by atoms with Gasteiger partial charge in [-0.05, 0) is 39.2 Å². The van der Waals surface area contributed by atoms with Gasteiger partial charge in [0.05, 0.1) is 12.3 Å². The molecule has 1 aliphatic rings. The third-order valence-electron chi connectivity index (χ3n) is 3.47. The van der Waals surface area contributed by atoms with Crippen LogP contribution in [0.25, 0.3) is 0 Å². The first-order chi connectivity index (χ1) is 9.56. The monoisotopic (exact) mass is 335 g/mol. The molecule has 6 heteroatoms. The van der Waals surface area contributed by atoms with E-state index in [4.69, 9.17) is 10.2 Å². The first-order valence-corrected chi connectivity index (χ1v) is 6.99. The molecule has 2 amide bonds. The van der Waals surface area contributed by atoms with Crippen molar-refractivity contribution in [3.8, 4) is 0 Å². The molecular formula is C14H14BrN3O2. The number of carbonyl (C=O) groups excluding carboxylic acids is 1. The SMILES string of the molecule is CN1Cc2cc(C(N)c3ccoc3Br)ccc2NC1=O. The van der Waals surface area contributed by atoms with Crippen LogP contribution in [0.3, 0.4) is 0 Å². The van der Waals surface area contributed by atoms with Crippen molar-refractivity contribution in [1.29, 1.82) is 0 Å². The molecule has 2 aromatic rings. The largest absolute Gasteiger partial charge is 0.457 e. The number of halogens is 1. The molecule has 1 atom stereocenters. The van der Waals surface area contributed by atoms with Crippen LogP contribution in [0.2, 0.25) is 0 Å². The van der Waals surface area contributed by atoms with Crippen molar-refractivity contribution in [2.45, 2.75) is 12.6 Å². The number of anilines is 1. The number of nitrogens with two attached hydrogens (primary N) is 1. The van der Waals surface area contributed by atoms with Gasteiger partial charge in [-0.25, -0.2) is 4.79 Å². The minimum atomic E-state index is -0.267. The van der Waals surface area contributed by atoms with Gasteiger partial charge in [0.2, 0.25) is 0 Å². The van der Waals surface area contributed by atoms with E-state index >= 15 is 0 Å². The van der Waals surface area contributed by atoms with Crippen molar-refractivity contribution in [1.82, 2.24) is 4.90 Å². The van der Waals surface area contributed by atoms with E-state index in [0.29, 0.717) is 11.2 Å². The number of furan rings is 1. The number of urea groups is 1. The molecule has 1 unspecified atom stereocenters. The average Bonchev–Trinajstić information content (AvgIpc) is 2.85. The number of carbonyl (C=O) groups is 1. The summed E-state index contributed by atoms with van der Waals surface area (Å²) in [4.78, 5) is 13.2. The molecule has 3 rings (SSSR count). The summed E-state index contributed by atoms with van der Waals surface area (Å²) >= 11 is 3.34. The lowest BCUT2D eigenvalue weighted by Gasteiger charge is -2.26. The number of hydrogen-bond donors (Lipinski definition) is 2.